The summed E-state index contributed by atoms with van der Waals surface area (Å²) in [6, 6.07) is 102. The molecule has 0 unspecified atom stereocenters. The van der Waals surface area contributed by atoms with Gasteiger partial charge < -0.3 is 0 Å². The van der Waals surface area contributed by atoms with E-state index in [0.29, 0.717) is 0 Å². The van der Waals surface area contributed by atoms with Crippen LogP contribution in [0.4, 0.5) is 0 Å². The third-order valence-electron chi connectivity index (χ3n) is 19.4. The van der Waals surface area contributed by atoms with Crippen LogP contribution in [0.2, 0.25) is 0 Å². The zero-order chi connectivity index (χ0) is 57.6. The van der Waals surface area contributed by atoms with Gasteiger partial charge in [0.15, 0.2) is 0 Å². The minimum atomic E-state index is -0.100. The molecular weight excluding hydrogens is 1030 g/mol. The fraction of sp³-hybridized carbons (Fsp3) is 0.116. The average molecular weight is 1100 g/mol. The van der Waals surface area contributed by atoms with E-state index in [1.807, 2.05) is 0 Å². The summed E-state index contributed by atoms with van der Waals surface area (Å²) in [5.74, 6) is 0. The second-order valence-corrected chi connectivity index (χ2v) is 24.9. The van der Waals surface area contributed by atoms with Crippen molar-refractivity contribution in [2.75, 3.05) is 0 Å². The average Bonchev–Trinajstić information content (AvgIpc) is 1.51. The monoisotopic (exact) mass is 1100 g/mol. The SMILES string of the molecule is Cc1cccc(-c2cc(-c3cccc(C)c3)cc(-c3c4ccccc4c(-c4ccc5c(c4)C4(CCCCC4)c4cc(-c6c7ccccc7c(-c7cc(-c8cccc(C)c8)cc(-c8cccc(C)c8)c7)c7ccccc67)ccc4-5)c4ccccc34)c2)c1. The maximum atomic E-state index is 2.64. The van der Waals surface area contributed by atoms with E-state index in [2.05, 4.69) is 295 Å². The molecule has 86 heavy (non-hydrogen) atoms. The molecule has 0 nitrogen and oxygen atoms in total. The number of rotatable bonds is 8. The van der Waals surface area contributed by atoms with Crippen molar-refractivity contribution in [2.24, 2.45) is 0 Å². The van der Waals surface area contributed by atoms with Crippen LogP contribution in [0, 0.1) is 27.7 Å². The van der Waals surface area contributed by atoms with Gasteiger partial charge in [-0.2, -0.15) is 0 Å². The van der Waals surface area contributed by atoms with Crippen molar-refractivity contribution in [3.05, 3.63) is 300 Å². The largest absolute Gasteiger partial charge is 0.0616 e. The lowest BCUT2D eigenvalue weighted by Gasteiger charge is -2.36. The standard InChI is InChI=1S/C86H66/c1-54-20-16-24-58(42-54)64-46-65(59-25-17-21-55(2)43-59)49-68(48-64)84-76-32-10-6-28-72(76)82(73-29-7-11-33-77(73)84)62-36-38-70-71-39-37-63(53-81(71)86(80(70)52-62)40-14-5-15-41-86)83-74-30-8-12-34-78(74)85(79-35-13-9-31-75(79)83)69-50-66(60-26-18-22-56(3)44-60)47-67(51-69)61-27-19-23-57(4)45-61/h6-13,16-39,42-53H,5,14-15,40-41H2,1-4H3. The Kier molecular flexibility index (Phi) is 12.5. The van der Waals surface area contributed by atoms with E-state index >= 15 is 0 Å². The molecule has 14 aromatic rings. The molecule has 0 atom stereocenters. The van der Waals surface area contributed by atoms with Gasteiger partial charge in [-0.25, -0.2) is 0 Å². The molecule has 410 valence electrons. The van der Waals surface area contributed by atoms with E-state index in [9.17, 15) is 0 Å². The lowest BCUT2D eigenvalue weighted by molar-refractivity contribution is 0.353. The van der Waals surface area contributed by atoms with Crippen molar-refractivity contribution in [3.63, 3.8) is 0 Å². The van der Waals surface area contributed by atoms with Crippen LogP contribution < -0.4 is 0 Å². The first-order valence-corrected chi connectivity index (χ1v) is 31.0. The fourth-order valence-electron chi connectivity index (χ4n) is 15.5. The number of hydrogen-bond acceptors (Lipinski definition) is 0. The van der Waals surface area contributed by atoms with Crippen molar-refractivity contribution in [1.29, 1.82) is 0 Å². The predicted molar refractivity (Wildman–Crippen MR) is 368 cm³/mol. The molecule has 0 radical (unpaired) electrons. The van der Waals surface area contributed by atoms with Crippen molar-refractivity contribution in [3.8, 4) is 100 Å². The molecule has 0 bridgehead atoms. The van der Waals surface area contributed by atoms with E-state index in [-0.39, 0.29) is 5.41 Å². The zero-order valence-corrected chi connectivity index (χ0v) is 49.4. The summed E-state index contributed by atoms with van der Waals surface area (Å²) in [6.07, 6.45) is 5.98. The molecule has 0 aliphatic heterocycles. The Morgan fingerprint density at radius 3 is 0.756 bits per heavy atom. The summed E-state index contributed by atoms with van der Waals surface area (Å²) in [7, 11) is 0. The first kappa shape index (κ1) is 51.7. The van der Waals surface area contributed by atoms with Gasteiger partial charge in [0.2, 0.25) is 0 Å². The molecule has 1 saturated carbocycles. The van der Waals surface area contributed by atoms with Gasteiger partial charge in [0.1, 0.15) is 0 Å². The summed E-state index contributed by atoms with van der Waals surface area (Å²) < 4.78 is 0. The van der Waals surface area contributed by atoms with Gasteiger partial charge in [-0.3, -0.25) is 0 Å². The van der Waals surface area contributed by atoms with Crippen LogP contribution in [0.1, 0.15) is 65.5 Å². The van der Waals surface area contributed by atoms with Crippen LogP contribution in [0.5, 0.6) is 0 Å². The topological polar surface area (TPSA) is 0 Å². The van der Waals surface area contributed by atoms with Gasteiger partial charge in [-0.15, -0.1) is 0 Å². The van der Waals surface area contributed by atoms with Crippen molar-refractivity contribution in [2.45, 2.75) is 65.2 Å². The van der Waals surface area contributed by atoms with Crippen LogP contribution in [0.25, 0.3) is 143 Å². The Morgan fingerprint density at radius 1 is 0.209 bits per heavy atom. The number of aryl methyl sites for hydroxylation is 4. The first-order chi connectivity index (χ1) is 42.2. The van der Waals surface area contributed by atoms with Crippen LogP contribution in [-0.2, 0) is 5.41 Å². The molecule has 0 N–H and O–H groups in total. The highest BCUT2D eigenvalue weighted by Crippen LogP contribution is 2.59. The Balaban J connectivity index is 0.861. The highest BCUT2D eigenvalue weighted by atomic mass is 14.5. The second-order valence-electron chi connectivity index (χ2n) is 24.9. The van der Waals surface area contributed by atoms with Crippen LogP contribution in [0.15, 0.2) is 267 Å². The molecule has 1 spiro atoms. The fourth-order valence-corrected chi connectivity index (χ4v) is 15.5. The lowest BCUT2D eigenvalue weighted by atomic mass is 9.67. The molecule has 16 rings (SSSR count). The number of fused-ring (bicyclic) bond motifs is 9. The molecule has 2 aliphatic rings. The Labute approximate surface area is 505 Å². The molecule has 0 aromatic heterocycles. The van der Waals surface area contributed by atoms with Gasteiger partial charge in [0.05, 0.1) is 0 Å². The summed E-state index contributed by atoms with van der Waals surface area (Å²) in [6.45, 7) is 8.77. The summed E-state index contributed by atoms with van der Waals surface area (Å²) in [5, 5.41) is 10.2. The van der Waals surface area contributed by atoms with Gasteiger partial charge in [0.25, 0.3) is 0 Å². The van der Waals surface area contributed by atoms with E-state index in [1.165, 1.54) is 196 Å². The Bertz CT molecular complexity index is 4520. The Hall–Kier alpha value is -9.88. The predicted octanol–water partition coefficient (Wildman–Crippen LogP) is 24.1. The summed E-state index contributed by atoms with van der Waals surface area (Å²) in [4.78, 5) is 0. The van der Waals surface area contributed by atoms with Gasteiger partial charge in [-0.1, -0.05) is 260 Å². The van der Waals surface area contributed by atoms with E-state index in [0.717, 1.165) is 12.8 Å². The van der Waals surface area contributed by atoms with Crippen molar-refractivity contribution in [1.82, 2.24) is 0 Å². The van der Waals surface area contributed by atoms with Crippen molar-refractivity contribution >= 4 is 43.1 Å². The maximum Gasteiger partial charge on any atom is 0.0215 e. The highest BCUT2D eigenvalue weighted by molar-refractivity contribution is 6.23. The summed E-state index contributed by atoms with van der Waals surface area (Å²) >= 11 is 0. The van der Waals surface area contributed by atoms with E-state index in [4.69, 9.17) is 0 Å². The number of benzene rings is 14. The zero-order valence-electron chi connectivity index (χ0n) is 49.4. The molecule has 0 heteroatoms. The minimum absolute atomic E-state index is 0.100. The van der Waals surface area contributed by atoms with Gasteiger partial charge >= 0.3 is 0 Å². The maximum absolute atomic E-state index is 2.64. The molecule has 2 aliphatic carbocycles. The summed E-state index contributed by atoms with van der Waals surface area (Å²) in [5.41, 5.74) is 30.8. The van der Waals surface area contributed by atoms with Crippen LogP contribution in [-0.4, -0.2) is 0 Å². The van der Waals surface area contributed by atoms with Crippen molar-refractivity contribution < 1.29 is 0 Å². The minimum Gasteiger partial charge on any atom is -0.0616 e. The molecule has 0 heterocycles. The first-order valence-electron chi connectivity index (χ1n) is 31.0. The number of hydrogen-bond donors (Lipinski definition) is 0. The van der Waals surface area contributed by atoms with E-state index < -0.39 is 0 Å². The van der Waals surface area contributed by atoms with Crippen LogP contribution in [0.3, 0.4) is 0 Å². The smallest absolute Gasteiger partial charge is 0.0215 e. The van der Waals surface area contributed by atoms with Crippen LogP contribution >= 0.6 is 0 Å². The third-order valence-corrected chi connectivity index (χ3v) is 19.4. The quantitative estimate of drug-likeness (QED) is 0.133. The lowest BCUT2D eigenvalue weighted by Crippen LogP contribution is -2.28. The molecule has 0 saturated heterocycles. The van der Waals surface area contributed by atoms with Gasteiger partial charge in [-0.05, 0) is 243 Å². The van der Waals surface area contributed by atoms with E-state index in [1.54, 1.807) is 0 Å². The normalized spacial score (nSPS) is 13.4. The highest BCUT2D eigenvalue weighted by Gasteiger charge is 2.44. The molecular formula is C86H66. The molecule has 0 amide bonds. The van der Waals surface area contributed by atoms with Gasteiger partial charge in [0, 0.05) is 5.41 Å². The molecule has 14 aromatic carbocycles. The third kappa shape index (κ3) is 8.64. The molecule has 1 fully saturated rings. The second kappa shape index (κ2) is 20.7. The Morgan fingerprint density at radius 2 is 0.477 bits per heavy atom.